The standard InChI is InChI=1S/C26H20Cl2N10OS/c1-15-31-23(30-11-10-29)36-24(32-15)38-22-5-3-2-4-21(22)35-25(38)33-18-6-8-19(9-7-18)34-26(39)37-40-20-13-16(27)12-17(28)14-20/h2-9,12-14H,11H2,1H3,(H,33,35)(H2,34,37,39)(H,30,31,32,36). The summed E-state index contributed by atoms with van der Waals surface area (Å²) >= 11 is 13.1. The number of anilines is 4. The van der Waals surface area contributed by atoms with Crippen molar-refractivity contribution in [3.05, 3.63) is 82.6 Å². The zero-order valence-corrected chi connectivity index (χ0v) is 23.1. The minimum absolute atomic E-state index is 0.0602. The van der Waals surface area contributed by atoms with Gasteiger partial charge in [0.05, 0.1) is 17.1 Å². The zero-order valence-electron chi connectivity index (χ0n) is 20.8. The maximum atomic E-state index is 12.4. The van der Waals surface area contributed by atoms with E-state index < -0.39 is 6.03 Å². The first-order valence-electron chi connectivity index (χ1n) is 11.8. The van der Waals surface area contributed by atoms with Crippen LogP contribution >= 0.6 is 35.1 Å². The molecule has 0 fully saturated rings. The third-order valence-corrected chi connectivity index (χ3v) is 6.51. The normalized spacial score (nSPS) is 10.7. The molecular weight excluding hydrogens is 571 g/mol. The SMILES string of the molecule is Cc1nc(NCC#N)nc(-n2c(Nc3ccc(NC(=O)NSc4cc(Cl)cc(Cl)c4)cc3)nc3ccccc32)n1. The van der Waals surface area contributed by atoms with Crippen LogP contribution in [-0.2, 0) is 0 Å². The number of halogens is 2. The molecule has 0 aliphatic heterocycles. The van der Waals surface area contributed by atoms with E-state index in [4.69, 9.17) is 33.4 Å². The van der Waals surface area contributed by atoms with E-state index in [-0.39, 0.29) is 12.5 Å². The van der Waals surface area contributed by atoms with Crippen molar-refractivity contribution in [2.24, 2.45) is 0 Å². The summed E-state index contributed by atoms with van der Waals surface area (Å²) in [5.41, 5.74) is 2.83. The average Bonchev–Trinajstić information content (AvgIpc) is 3.29. The largest absolute Gasteiger partial charge is 0.341 e. The Kier molecular flexibility index (Phi) is 8.16. The number of fused-ring (bicyclic) bond motifs is 1. The number of amides is 2. The summed E-state index contributed by atoms with van der Waals surface area (Å²) in [7, 11) is 0. The van der Waals surface area contributed by atoms with Gasteiger partial charge in [-0.05, 0) is 73.5 Å². The number of urea groups is 1. The van der Waals surface area contributed by atoms with Crippen molar-refractivity contribution in [2.45, 2.75) is 11.8 Å². The second-order valence-electron chi connectivity index (χ2n) is 8.24. The highest BCUT2D eigenvalue weighted by Crippen LogP contribution is 2.27. The number of para-hydroxylation sites is 2. The van der Waals surface area contributed by atoms with Crippen LogP contribution in [-0.4, -0.2) is 37.1 Å². The van der Waals surface area contributed by atoms with Gasteiger partial charge in [0.15, 0.2) is 0 Å². The van der Waals surface area contributed by atoms with Crippen molar-refractivity contribution < 1.29 is 4.79 Å². The molecule has 2 heterocycles. The highest BCUT2D eigenvalue weighted by atomic mass is 35.5. The number of carbonyl (C=O) groups is 1. The predicted molar refractivity (Wildman–Crippen MR) is 157 cm³/mol. The smallest absolute Gasteiger partial charge is 0.329 e. The topological polar surface area (TPSA) is 145 Å². The van der Waals surface area contributed by atoms with Gasteiger partial charge >= 0.3 is 6.03 Å². The average molecular weight is 591 g/mol. The van der Waals surface area contributed by atoms with E-state index in [0.29, 0.717) is 38.3 Å². The van der Waals surface area contributed by atoms with Crippen molar-refractivity contribution in [1.29, 1.82) is 5.26 Å². The summed E-state index contributed by atoms with van der Waals surface area (Å²) in [5.74, 6) is 1.60. The fourth-order valence-electron chi connectivity index (χ4n) is 3.69. The van der Waals surface area contributed by atoms with Crippen LogP contribution in [0, 0.1) is 18.3 Å². The number of imidazole rings is 1. The summed E-state index contributed by atoms with van der Waals surface area (Å²) in [4.78, 5) is 31.0. The van der Waals surface area contributed by atoms with E-state index in [1.54, 1.807) is 41.8 Å². The van der Waals surface area contributed by atoms with Crippen LogP contribution in [0.2, 0.25) is 10.0 Å². The summed E-state index contributed by atoms with van der Waals surface area (Å²) in [6, 6.07) is 21.4. The Labute approximate surface area is 243 Å². The lowest BCUT2D eigenvalue weighted by molar-refractivity contribution is 0.257. The number of nitriles is 1. The molecule has 0 saturated heterocycles. The van der Waals surface area contributed by atoms with Crippen molar-refractivity contribution in [2.75, 3.05) is 22.5 Å². The van der Waals surface area contributed by atoms with E-state index in [1.165, 1.54) is 0 Å². The van der Waals surface area contributed by atoms with Gasteiger partial charge in [0, 0.05) is 26.3 Å². The summed E-state index contributed by atoms with van der Waals surface area (Å²) in [6.07, 6.45) is 0. The van der Waals surface area contributed by atoms with Gasteiger partial charge in [0.1, 0.15) is 12.4 Å². The second-order valence-corrected chi connectivity index (χ2v) is 10.00. The predicted octanol–water partition coefficient (Wildman–Crippen LogP) is 6.33. The van der Waals surface area contributed by atoms with Crippen molar-refractivity contribution in [1.82, 2.24) is 29.2 Å². The number of nitrogens with zero attached hydrogens (tertiary/aromatic N) is 6. The van der Waals surface area contributed by atoms with Gasteiger partial charge in [-0.15, -0.1) is 0 Å². The molecule has 0 aliphatic carbocycles. The molecule has 2 aromatic heterocycles. The first-order valence-corrected chi connectivity index (χ1v) is 13.3. The Morgan fingerprint density at radius 2 is 1.70 bits per heavy atom. The minimum atomic E-state index is -0.408. The summed E-state index contributed by atoms with van der Waals surface area (Å²) in [6.45, 7) is 1.81. The van der Waals surface area contributed by atoms with Crippen LogP contribution in [0.3, 0.4) is 0 Å². The van der Waals surface area contributed by atoms with Gasteiger partial charge in [0.25, 0.3) is 0 Å². The van der Waals surface area contributed by atoms with Crippen molar-refractivity contribution in [3.63, 3.8) is 0 Å². The maximum absolute atomic E-state index is 12.4. The Hall–Kier alpha value is -4.57. The Bertz CT molecular complexity index is 1720. The van der Waals surface area contributed by atoms with E-state index in [0.717, 1.165) is 28.7 Å². The lowest BCUT2D eigenvalue weighted by Crippen LogP contribution is -2.22. The third-order valence-electron chi connectivity index (χ3n) is 5.32. The molecular formula is C26H20Cl2N10OS. The lowest BCUT2D eigenvalue weighted by Gasteiger charge is -2.12. The molecule has 0 unspecified atom stereocenters. The molecule has 3 aromatic carbocycles. The molecule has 0 aliphatic rings. The highest BCUT2D eigenvalue weighted by Gasteiger charge is 2.16. The van der Waals surface area contributed by atoms with Gasteiger partial charge in [-0.2, -0.15) is 20.2 Å². The Morgan fingerprint density at radius 1 is 0.975 bits per heavy atom. The highest BCUT2D eigenvalue weighted by molar-refractivity contribution is 7.98. The van der Waals surface area contributed by atoms with Crippen LogP contribution < -0.4 is 20.7 Å². The molecule has 4 N–H and O–H groups in total. The monoisotopic (exact) mass is 590 g/mol. The van der Waals surface area contributed by atoms with E-state index >= 15 is 0 Å². The molecule has 14 heteroatoms. The Morgan fingerprint density at radius 3 is 2.45 bits per heavy atom. The van der Waals surface area contributed by atoms with Crippen molar-refractivity contribution >= 4 is 75.5 Å². The number of aryl methyl sites for hydroxylation is 1. The van der Waals surface area contributed by atoms with E-state index in [1.807, 2.05) is 42.5 Å². The molecule has 0 spiro atoms. The number of benzene rings is 3. The molecule has 0 atom stereocenters. The number of hydrogen-bond donors (Lipinski definition) is 4. The molecule has 200 valence electrons. The van der Waals surface area contributed by atoms with Gasteiger partial charge in [-0.3, -0.25) is 4.72 Å². The van der Waals surface area contributed by atoms with Gasteiger partial charge in [0.2, 0.25) is 17.8 Å². The molecule has 5 rings (SSSR count). The van der Waals surface area contributed by atoms with Crippen LogP contribution in [0.1, 0.15) is 5.82 Å². The maximum Gasteiger partial charge on any atom is 0.329 e. The van der Waals surface area contributed by atoms with Gasteiger partial charge in [-0.1, -0.05) is 35.3 Å². The van der Waals surface area contributed by atoms with Gasteiger partial charge < -0.3 is 16.0 Å². The van der Waals surface area contributed by atoms with Crippen LogP contribution in [0.25, 0.3) is 17.0 Å². The first kappa shape index (κ1) is 27.0. The molecule has 0 saturated carbocycles. The number of hydrogen-bond acceptors (Lipinski definition) is 9. The first-order chi connectivity index (χ1) is 19.4. The van der Waals surface area contributed by atoms with E-state index in [2.05, 4.69) is 35.6 Å². The number of rotatable bonds is 8. The molecule has 0 radical (unpaired) electrons. The second kappa shape index (κ2) is 12.1. The molecule has 11 nitrogen and oxygen atoms in total. The molecule has 40 heavy (non-hydrogen) atoms. The summed E-state index contributed by atoms with van der Waals surface area (Å²) < 4.78 is 4.48. The fraction of sp³-hybridized carbons (Fsp3) is 0.0769. The van der Waals surface area contributed by atoms with Crippen molar-refractivity contribution in [3.8, 4) is 12.0 Å². The number of aromatic nitrogens is 5. The lowest BCUT2D eigenvalue weighted by atomic mass is 10.3. The van der Waals surface area contributed by atoms with Crippen LogP contribution in [0.15, 0.2) is 71.6 Å². The number of nitrogens with one attached hydrogen (secondary N) is 4. The molecule has 0 bridgehead atoms. The van der Waals surface area contributed by atoms with Crippen LogP contribution in [0.5, 0.6) is 0 Å². The third kappa shape index (κ3) is 6.52. The zero-order chi connectivity index (χ0) is 28.1. The molecule has 5 aromatic rings. The van der Waals surface area contributed by atoms with E-state index in [9.17, 15) is 4.79 Å². The minimum Gasteiger partial charge on any atom is -0.341 e. The summed E-state index contributed by atoms with van der Waals surface area (Å²) in [5, 5.41) is 18.8. The van der Waals surface area contributed by atoms with Crippen LogP contribution in [0.4, 0.5) is 28.1 Å². The fourth-order valence-corrected chi connectivity index (χ4v) is 4.98. The quantitative estimate of drug-likeness (QED) is 0.120. The van der Waals surface area contributed by atoms with Gasteiger partial charge in [-0.25, -0.2) is 14.3 Å². The molecule has 2 amide bonds. The number of carbonyl (C=O) groups excluding carboxylic acids is 1. The Balaban J connectivity index is 1.33.